The number of hydrogen-bond acceptors (Lipinski definition) is 7. The molecule has 10 heteroatoms. The summed E-state index contributed by atoms with van der Waals surface area (Å²) in [7, 11) is 1.41. The zero-order valence-corrected chi connectivity index (χ0v) is 17.0. The first-order chi connectivity index (χ1) is 11.1. The van der Waals surface area contributed by atoms with E-state index in [9.17, 15) is 10.2 Å². The molecule has 0 amide bonds. The van der Waals surface area contributed by atoms with Crippen molar-refractivity contribution in [2.24, 2.45) is 10.2 Å². The van der Waals surface area contributed by atoms with Crippen molar-refractivity contribution in [1.29, 1.82) is 0 Å². The summed E-state index contributed by atoms with van der Waals surface area (Å²) in [6.45, 7) is 1.93. The molecule has 0 aliphatic carbocycles. The van der Waals surface area contributed by atoms with Gasteiger partial charge >= 0.3 is 0 Å². The second kappa shape index (κ2) is 16.2. The number of benzene rings is 1. The van der Waals surface area contributed by atoms with Crippen LogP contribution in [0.15, 0.2) is 52.9 Å². The van der Waals surface area contributed by atoms with Crippen LogP contribution in [0.4, 0.5) is 0 Å². The number of para-hydroxylation sites is 1. The van der Waals surface area contributed by atoms with E-state index in [4.69, 9.17) is 9.84 Å². The Balaban J connectivity index is -0.000000825. The summed E-state index contributed by atoms with van der Waals surface area (Å²) < 4.78 is 4.90. The summed E-state index contributed by atoms with van der Waals surface area (Å²) in [6.07, 6.45) is 4.21. The molecule has 0 bridgehead atoms. The Morgan fingerprint density at radius 1 is 1.23 bits per heavy atom. The van der Waals surface area contributed by atoms with E-state index in [0.717, 1.165) is 0 Å². The molecule has 1 aromatic heterocycles. The SMILES string of the molecule is CCO.COc1cccc(/C=N/N=C(\[O-])c2ccncc2)c1[O-].[O-2].[O-2].[W]. The Morgan fingerprint density at radius 2 is 1.81 bits per heavy atom. The molecule has 2 rings (SSSR count). The van der Waals surface area contributed by atoms with Crippen molar-refractivity contribution in [3.63, 3.8) is 0 Å². The molecule has 144 valence electrons. The standard InChI is InChI=1S/C14H13N3O3.C2H6O.2O.W/c1-20-12-4-2-3-11(13(12)18)9-16-17-14(19)10-5-7-15-8-6-10;1-2-3;;;/h2-9,18H,1H3,(H,17,19);3H,2H2,1H3;;;/q;;2*-2;/p-2/b16-9+;;;;. The van der Waals surface area contributed by atoms with Crippen molar-refractivity contribution in [2.75, 3.05) is 13.7 Å². The summed E-state index contributed by atoms with van der Waals surface area (Å²) >= 11 is 0. The van der Waals surface area contributed by atoms with Gasteiger partial charge in [0.1, 0.15) is 5.75 Å². The average Bonchev–Trinajstić information content (AvgIpc) is 2.58. The van der Waals surface area contributed by atoms with Crippen LogP contribution in [0.3, 0.4) is 0 Å². The molecule has 2 aromatic rings. The molecule has 0 unspecified atom stereocenters. The van der Waals surface area contributed by atoms with Crippen LogP contribution in [0, 0.1) is 0 Å². The van der Waals surface area contributed by atoms with Crippen LogP contribution >= 0.6 is 0 Å². The molecule has 9 nitrogen and oxygen atoms in total. The largest absolute Gasteiger partial charge is 2.00 e. The van der Waals surface area contributed by atoms with Crippen LogP contribution in [-0.2, 0) is 32.0 Å². The van der Waals surface area contributed by atoms with E-state index in [1.165, 1.54) is 37.9 Å². The topological polar surface area (TPSA) is 170 Å². The van der Waals surface area contributed by atoms with Gasteiger partial charge in [0.05, 0.1) is 13.3 Å². The maximum atomic E-state index is 11.8. The molecule has 0 atom stereocenters. The Labute approximate surface area is 165 Å². The molecule has 1 N–H and O–H groups in total. The fraction of sp³-hybridized carbons (Fsp3) is 0.188. The number of hydrogen-bond donors (Lipinski definition) is 1. The summed E-state index contributed by atoms with van der Waals surface area (Å²) in [4.78, 5) is 3.80. The Morgan fingerprint density at radius 3 is 2.35 bits per heavy atom. The van der Waals surface area contributed by atoms with Crippen molar-refractivity contribution in [2.45, 2.75) is 6.92 Å². The third-order valence-electron chi connectivity index (χ3n) is 2.50. The van der Waals surface area contributed by atoms with Gasteiger partial charge in [-0.3, -0.25) is 4.98 Å². The first-order valence-electron chi connectivity index (χ1n) is 6.77. The normalized spacial score (nSPS) is 9.73. The van der Waals surface area contributed by atoms with Gasteiger partial charge in [0.25, 0.3) is 0 Å². The van der Waals surface area contributed by atoms with E-state index in [0.29, 0.717) is 11.1 Å². The van der Waals surface area contributed by atoms with Crippen LogP contribution in [0.1, 0.15) is 18.1 Å². The van der Waals surface area contributed by atoms with Gasteiger partial charge in [0.2, 0.25) is 0 Å². The van der Waals surface area contributed by atoms with Gasteiger partial charge in [-0.2, -0.15) is 10.2 Å². The molecule has 0 aliphatic heterocycles. The van der Waals surface area contributed by atoms with Crippen molar-refractivity contribution in [1.82, 2.24) is 4.98 Å². The van der Waals surface area contributed by atoms with E-state index >= 15 is 0 Å². The second-order valence-corrected chi connectivity index (χ2v) is 4.08. The number of ether oxygens (including phenoxy) is 1. The molecule has 0 fully saturated rings. The maximum absolute atomic E-state index is 11.8. The number of aliphatic hydroxyl groups excluding tert-OH is 1. The van der Waals surface area contributed by atoms with Gasteiger partial charge in [-0.1, -0.05) is 17.9 Å². The zero-order valence-electron chi connectivity index (χ0n) is 14.1. The minimum Gasteiger partial charge on any atom is -2.00 e. The number of rotatable bonds is 4. The molecule has 0 saturated heterocycles. The summed E-state index contributed by atoms with van der Waals surface area (Å²) in [5.74, 6) is -0.585. The number of aliphatic hydroxyl groups is 1. The van der Waals surface area contributed by atoms with Gasteiger partial charge in [-0.15, -0.1) is 0 Å². The second-order valence-electron chi connectivity index (χ2n) is 4.08. The van der Waals surface area contributed by atoms with Gasteiger partial charge < -0.3 is 31.0 Å². The van der Waals surface area contributed by atoms with Crippen molar-refractivity contribution in [3.05, 3.63) is 53.9 Å². The van der Waals surface area contributed by atoms with Crippen LogP contribution in [0.25, 0.3) is 0 Å². The van der Waals surface area contributed by atoms with E-state index in [2.05, 4.69) is 15.2 Å². The Kier molecular flexibility index (Phi) is 17.7. The number of pyridine rings is 1. The van der Waals surface area contributed by atoms with Crippen LogP contribution in [0.5, 0.6) is 11.5 Å². The fourth-order valence-electron chi connectivity index (χ4n) is 1.49. The molecule has 0 spiro atoms. The summed E-state index contributed by atoms with van der Waals surface area (Å²) in [6, 6.07) is 7.85. The van der Waals surface area contributed by atoms with Crippen molar-refractivity contribution in [3.8, 4) is 11.5 Å². The molecular weight excluding hydrogens is 514 g/mol. The summed E-state index contributed by atoms with van der Waals surface area (Å²) in [5.41, 5.74) is 0.681. The molecular formula is C16H17N3O6W-6. The number of nitrogens with zero attached hydrogens (tertiary/aromatic N) is 3. The molecule has 1 aromatic carbocycles. The fourth-order valence-corrected chi connectivity index (χ4v) is 1.49. The van der Waals surface area contributed by atoms with E-state index in [1.807, 2.05) is 0 Å². The molecule has 0 aliphatic rings. The summed E-state index contributed by atoms with van der Waals surface area (Å²) in [5, 5.41) is 38.1. The molecule has 0 radical (unpaired) electrons. The van der Waals surface area contributed by atoms with Gasteiger partial charge in [-0.25, -0.2) is 0 Å². The van der Waals surface area contributed by atoms with Crippen molar-refractivity contribution >= 4 is 12.1 Å². The maximum Gasteiger partial charge on any atom is 0.111 e. The third-order valence-corrected chi connectivity index (χ3v) is 2.50. The smallest absolute Gasteiger partial charge is 0.111 e. The van der Waals surface area contributed by atoms with E-state index < -0.39 is 5.90 Å². The Hall–Kier alpha value is -2.32. The molecule has 26 heavy (non-hydrogen) atoms. The van der Waals surface area contributed by atoms with Gasteiger partial charge in [0, 0.05) is 46.0 Å². The van der Waals surface area contributed by atoms with Gasteiger partial charge in [0.15, 0.2) is 0 Å². The van der Waals surface area contributed by atoms with E-state index in [1.54, 1.807) is 25.1 Å². The first-order valence-corrected chi connectivity index (χ1v) is 6.77. The third kappa shape index (κ3) is 9.24. The predicted molar refractivity (Wildman–Crippen MR) is 84.9 cm³/mol. The number of methoxy groups -OCH3 is 1. The monoisotopic (exact) mass is 531 g/mol. The first kappa shape index (κ1) is 28.5. The molecule has 0 saturated carbocycles. The minimum absolute atomic E-state index is 0. The predicted octanol–water partition coefficient (Wildman–Crippen LogP) is 0.0633. The van der Waals surface area contributed by atoms with Crippen LogP contribution in [0.2, 0.25) is 0 Å². The zero-order chi connectivity index (χ0) is 17.1. The van der Waals surface area contributed by atoms with Crippen molar-refractivity contribution < 1.29 is 52.1 Å². The van der Waals surface area contributed by atoms with E-state index in [-0.39, 0.29) is 50.1 Å². The van der Waals surface area contributed by atoms with Crippen LogP contribution in [-0.4, -0.2) is 35.9 Å². The van der Waals surface area contributed by atoms with Crippen LogP contribution < -0.4 is 14.9 Å². The minimum atomic E-state index is -0.501. The average molecular weight is 531 g/mol. The number of aromatic nitrogens is 1. The van der Waals surface area contributed by atoms with Gasteiger partial charge in [-0.05, 0) is 36.2 Å². The molecule has 1 heterocycles. The Bertz CT molecular complexity index is 668. The quantitative estimate of drug-likeness (QED) is 0.334.